The highest BCUT2D eigenvalue weighted by Gasteiger charge is 2.12. The molecule has 7 nitrogen and oxygen atoms in total. The van der Waals surface area contributed by atoms with Crippen molar-refractivity contribution < 1.29 is 4.79 Å². The van der Waals surface area contributed by atoms with Crippen LogP contribution in [-0.2, 0) is 11.8 Å². The molecule has 0 fully saturated rings. The first-order valence-electron chi connectivity index (χ1n) is 3.76. The van der Waals surface area contributed by atoms with E-state index < -0.39 is 11.2 Å². The minimum absolute atomic E-state index is 0.0397. The zero-order chi connectivity index (χ0) is 10.9. The molecule has 0 aliphatic carbocycles. The molecule has 1 aromatic heterocycles. The second kappa shape index (κ2) is 3.36. The van der Waals surface area contributed by atoms with Gasteiger partial charge in [0.05, 0.1) is 0 Å². The van der Waals surface area contributed by atoms with Gasteiger partial charge in [0.1, 0.15) is 5.82 Å². The van der Waals surface area contributed by atoms with Crippen LogP contribution in [0.2, 0.25) is 0 Å². The van der Waals surface area contributed by atoms with Crippen LogP contribution >= 0.6 is 0 Å². The third-order valence-corrected chi connectivity index (χ3v) is 1.82. The van der Waals surface area contributed by atoms with E-state index in [9.17, 15) is 14.4 Å². The molecule has 1 amide bonds. The van der Waals surface area contributed by atoms with Crippen molar-refractivity contribution in [2.45, 2.75) is 0 Å². The van der Waals surface area contributed by atoms with Gasteiger partial charge < -0.3 is 10.6 Å². The Morgan fingerprint density at radius 3 is 2.57 bits per heavy atom. The number of anilines is 2. The largest absolute Gasteiger partial charge is 0.383 e. The molecule has 0 atom stereocenters. The molecule has 0 aliphatic heterocycles. The Balaban J connectivity index is 3.60. The van der Waals surface area contributed by atoms with Crippen molar-refractivity contribution in [2.75, 3.05) is 17.7 Å². The molecule has 3 N–H and O–H groups in total. The predicted octanol–water partition coefficient (Wildman–Crippen LogP) is -1.75. The number of amides is 1. The molecule has 0 aromatic carbocycles. The van der Waals surface area contributed by atoms with Crippen molar-refractivity contribution in [3.05, 3.63) is 20.8 Å². The van der Waals surface area contributed by atoms with E-state index in [0.717, 1.165) is 9.47 Å². The summed E-state index contributed by atoms with van der Waals surface area (Å²) in [6.07, 6.45) is 0.436. The minimum atomic E-state index is -0.615. The lowest BCUT2D eigenvalue weighted by Crippen LogP contribution is -2.37. The Morgan fingerprint density at radius 2 is 2.07 bits per heavy atom. The average molecular weight is 198 g/mol. The van der Waals surface area contributed by atoms with Crippen LogP contribution in [0, 0.1) is 0 Å². The summed E-state index contributed by atoms with van der Waals surface area (Å²) in [5.41, 5.74) is 4.13. The van der Waals surface area contributed by atoms with Gasteiger partial charge in [0, 0.05) is 14.1 Å². The Kier molecular flexibility index (Phi) is 2.41. The topological polar surface area (TPSA) is 101 Å². The van der Waals surface area contributed by atoms with E-state index in [4.69, 9.17) is 5.73 Å². The molecule has 1 heterocycles. The lowest BCUT2D eigenvalue weighted by molar-refractivity contribution is -0.107. The minimum Gasteiger partial charge on any atom is -0.383 e. The lowest BCUT2D eigenvalue weighted by atomic mass is 10.4. The third-order valence-electron chi connectivity index (χ3n) is 1.82. The van der Waals surface area contributed by atoms with Crippen molar-refractivity contribution in [1.82, 2.24) is 9.55 Å². The Bertz CT molecular complexity index is 473. The fourth-order valence-electron chi connectivity index (χ4n) is 1.02. The number of H-pyrrole nitrogens is 1. The van der Waals surface area contributed by atoms with Gasteiger partial charge in [-0.1, -0.05) is 0 Å². The summed E-state index contributed by atoms with van der Waals surface area (Å²) >= 11 is 0. The molecule has 0 saturated carbocycles. The quantitative estimate of drug-likeness (QED) is 0.550. The lowest BCUT2D eigenvalue weighted by Gasteiger charge is -2.12. The van der Waals surface area contributed by atoms with Crippen LogP contribution in [0.3, 0.4) is 0 Å². The highest BCUT2D eigenvalue weighted by atomic mass is 16.2. The molecule has 1 aromatic rings. The van der Waals surface area contributed by atoms with Gasteiger partial charge in [0.2, 0.25) is 6.41 Å². The smallest absolute Gasteiger partial charge is 0.329 e. The predicted molar refractivity (Wildman–Crippen MR) is 51.2 cm³/mol. The maximum Gasteiger partial charge on any atom is 0.329 e. The van der Waals surface area contributed by atoms with E-state index in [1.54, 1.807) is 0 Å². The van der Waals surface area contributed by atoms with Crippen LogP contribution in [0.25, 0.3) is 0 Å². The number of hydrogen-bond acceptors (Lipinski definition) is 4. The van der Waals surface area contributed by atoms with Gasteiger partial charge in [0.15, 0.2) is 5.69 Å². The normalized spacial score (nSPS) is 9.86. The maximum atomic E-state index is 11.5. The summed E-state index contributed by atoms with van der Waals surface area (Å²) in [6.45, 7) is 0. The van der Waals surface area contributed by atoms with E-state index in [1.165, 1.54) is 14.1 Å². The molecule has 0 aliphatic rings. The Hall–Kier alpha value is -2.05. The van der Waals surface area contributed by atoms with Gasteiger partial charge >= 0.3 is 5.69 Å². The standard InChI is InChI=1S/C7H10N4O3/c1-10(3-12)4-5(8)9-7(14)11(2)6(4)13/h3H,8H2,1-2H3,(H,9,14). The van der Waals surface area contributed by atoms with Crippen molar-refractivity contribution in [3.63, 3.8) is 0 Å². The SMILES string of the molecule is CN(C=O)c1c(N)[nH]c(=O)n(C)c1=O. The fourth-order valence-corrected chi connectivity index (χ4v) is 1.02. The molecule has 0 bridgehead atoms. The van der Waals surface area contributed by atoms with Crippen LogP contribution in [0.1, 0.15) is 0 Å². The first kappa shape index (κ1) is 10.0. The first-order chi connectivity index (χ1) is 6.49. The zero-order valence-electron chi connectivity index (χ0n) is 7.77. The van der Waals surface area contributed by atoms with E-state index in [-0.39, 0.29) is 11.5 Å². The van der Waals surface area contributed by atoms with Crippen LogP contribution in [0.15, 0.2) is 9.59 Å². The number of nitrogens with zero attached hydrogens (tertiary/aromatic N) is 2. The summed E-state index contributed by atoms with van der Waals surface area (Å²) < 4.78 is 0.839. The van der Waals surface area contributed by atoms with Crippen LogP contribution in [0.4, 0.5) is 11.5 Å². The van der Waals surface area contributed by atoms with Crippen molar-refractivity contribution in [1.29, 1.82) is 0 Å². The first-order valence-corrected chi connectivity index (χ1v) is 3.76. The summed E-state index contributed by atoms with van der Waals surface area (Å²) in [4.78, 5) is 36.2. The van der Waals surface area contributed by atoms with Crippen molar-refractivity contribution in [2.24, 2.45) is 7.05 Å². The number of hydrogen-bond donors (Lipinski definition) is 2. The average Bonchev–Trinajstić information content (AvgIpc) is 2.14. The number of rotatable bonds is 2. The molecule has 14 heavy (non-hydrogen) atoms. The number of nitrogen functional groups attached to an aromatic ring is 1. The molecular weight excluding hydrogens is 188 g/mol. The van der Waals surface area contributed by atoms with Gasteiger partial charge in [-0.3, -0.25) is 19.1 Å². The van der Waals surface area contributed by atoms with Gasteiger partial charge in [-0.2, -0.15) is 0 Å². The van der Waals surface area contributed by atoms with Crippen molar-refractivity contribution in [3.8, 4) is 0 Å². The summed E-state index contributed by atoms with van der Waals surface area (Å²) in [5, 5.41) is 0. The maximum absolute atomic E-state index is 11.5. The molecule has 7 heteroatoms. The van der Waals surface area contributed by atoms with Crippen LogP contribution < -0.4 is 21.9 Å². The van der Waals surface area contributed by atoms with Gasteiger partial charge in [-0.05, 0) is 0 Å². The molecular formula is C7H10N4O3. The second-order valence-electron chi connectivity index (χ2n) is 2.77. The highest BCUT2D eigenvalue weighted by Crippen LogP contribution is 2.09. The molecule has 1 rings (SSSR count). The third kappa shape index (κ3) is 1.39. The molecule has 76 valence electrons. The van der Waals surface area contributed by atoms with Gasteiger partial charge in [0.25, 0.3) is 5.56 Å². The van der Waals surface area contributed by atoms with Gasteiger partial charge in [-0.25, -0.2) is 4.79 Å². The zero-order valence-corrected chi connectivity index (χ0v) is 7.77. The number of carbonyl (C=O) groups excluding carboxylic acids is 1. The number of aromatic nitrogens is 2. The molecule has 0 saturated heterocycles. The molecule has 0 spiro atoms. The number of nitrogens with two attached hydrogens (primary N) is 1. The van der Waals surface area contributed by atoms with Gasteiger partial charge in [-0.15, -0.1) is 0 Å². The molecule has 0 unspecified atom stereocenters. The Labute approximate surface area is 78.8 Å². The van der Waals surface area contributed by atoms with Crippen LogP contribution in [0.5, 0.6) is 0 Å². The van der Waals surface area contributed by atoms with Crippen LogP contribution in [-0.4, -0.2) is 23.0 Å². The number of aromatic amines is 1. The molecule has 0 radical (unpaired) electrons. The van der Waals surface area contributed by atoms with E-state index in [1.807, 2.05) is 0 Å². The fraction of sp³-hybridized carbons (Fsp3) is 0.286. The van der Waals surface area contributed by atoms with E-state index >= 15 is 0 Å². The number of nitrogens with one attached hydrogen (secondary N) is 1. The summed E-state index contributed by atoms with van der Waals surface area (Å²) in [6, 6.07) is 0. The highest BCUT2D eigenvalue weighted by molar-refractivity contribution is 5.79. The second-order valence-corrected chi connectivity index (χ2v) is 2.77. The van der Waals surface area contributed by atoms with Crippen molar-refractivity contribution >= 4 is 17.9 Å². The van der Waals surface area contributed by atoms with E-state index in [0.29, 0.717) is 6.41 Å². The van der Waals surface area contributed by atoms with E-state index in [2.05, 4.69) is 4.98 Å². The Morgan fingerprint density at radius 1 is 1.50 bits per heavy atom. The summed E-state index contributed by atoms with van der Waals surface area (Å²) in [7, 11) is 2.67. The number of carbonyl (C=O) groups is 1. The summed E-state index contributed by atoms with van der Waals surface area (Å²) in [5.74, 6) is -0.118. The monoisotopic (exact) mass is 198 g/mol.